The van der Waals surface area contributed by atoms with Crippen molar-refractivity contribution in [1.82, 2.24) is 14.5 Å². The van der Waals surface area contributed by atoms with E-state index in [0.29, 0.717) is 16.9 Å². The third-order valence-corrected chi connectivity index (χ3v) is 3.31. The summed E-state index contributed by atoms with van der Waals surface area (Å²) < 4.78 is 1.07. The summed E-state index contributed by atoms with van der Waals surface area (Å²) in [6.07, 6.45) is 1.73. The molecule has 3 rings (SSSR count). The molecule has 0 bridgehead atoms. The van der Waals surface area contributed by atoms with Gasteiger partial charge in [0.1, 0.15) is 12.1 Å². The second-order valence-corrected chi connectivity index (χ2v) is 5.00. The maximum atomic E-state index is 11.1. The van der Waals surface area contributed by atoms with Gasteiger partial charge in [-0.15, -0.1) is 0 Å². The number of aromatic nitrogens is 3. The maximum absolute atomic E-state index is 11.1. The number of nitrogens with one attached hydrogen (secondary N) is 1. The van der Waals surface area contributed by atoms with Gasteiger partial charge in [-0.1, -0.05) is 6.07 Å². The molecule has 0 unspecified atom stereocenters. The maximum Gasteiger partial charge on any atom is 0.417 e. The highest BCUT2D eigenvalue weighted by Crippen LogP contribution is 2.25. The molecule has 22 heavy (non-hydrogen) atoms. The van der Waals surface area contributed by atoms with Gasteiger partial charge in [0.25, 0.3) is 0 Å². The number of fused-ring (bicyclic) bond motifs is 1. The minimum atomic E-state index is -1.07. The summed E-state index contributed by atoms with van der Waals surface area (Å²) in [7, 11) is 3.93. The van der Waals surface area contributed by atoms with Crippen molar-refractivity contribution in [3.63, 3.8) is 0 Å². The Balaban J connectivity index is 2.01. The monoisotopic (exact) mass is 297 g/mol. The number of hydrogen-bond acceptors (Lipinski definition) is 5. The molecule has 0 amide bonds. The summed E-state index contributed by atoms with van der Waals surface area (Å²) in [5, 5.41) is 13.0. The third-order valence-electron chi connectivity index (χ3n) is 3.31. The van der Waals surface area contributed by atoms with Crippen LogP contribution in [0.15, 0.2) is 42.9 Å². The van der Waals surface area contributed by atoms with Gasteiger partial charge < -0.3 is 15.3 Å². The van der Waals surface area contributed by atoms with E-state index in [2.05, 4.69) is 15.3 Å². The highest BCUT2D eigenvalue weighted by atomic mass is 16.4. The molecule has 2 heterocycles. The lowest BCUT2D eigenvalue weighted by Crippen LogP contribution is -2.09. The Hall–Kier alpha value is -3.09. The average Bonchev–Trinajstić information content (AvgIpc) is 2.93. The highest BCUT2D eigenvalue weighted by molar-refractivity contribution is 5.93. The molecule has 0 radical (unpaired) electrons. The van der Waals surface area contributed by atoms with E-state index in [1.165, 1.54) is 12.5 Å². The Bertz CT molecular complexity index is 841. The van der Waals surface area contributed by atoms with Crippen LogP contribution in [0.3, 0.4) is 0 Å². The van der Waals surface area contributed by atoms with Crippen LogP contribution in [0.25, 0.3) is 11.0 Å². The van der Waals surface area contributed by atoms with Crippen LogP contribution < -0.4 is 10.2 Å². The normalized spacial score (nSPS) is 10.6. The first kappa shape index (κ1) is 13.9. The lowest BCUT2D eigenvalue weighted by Gasteiger charge is -2.14. The number of benzene rings is 1. The second kappa shape index (κ2) is 5.36. The Morgan fingerprint density at radius 1 is 1.27 bits per heavy atom. The fourth-order valence-corrected chi connectivity index (χ4v) is 2.20. The molecule has 0 aliphatic carbocycles. The molecule has 0 fully saturated rings. The molecular weight excluding hydrogens is 282 g/mol. The summed E-state index contributed by atoms with van der Waals surface area (Å²) in [6, 6.07) is 9.54. The van der Waals surface area contributed by atoms with E-state index in [-0.39, 0.29) is 0 Å². The van der Waals surface area contributed by atoms with Crippen LogP contribution in [0.1, 0.15) is 0 Å². The van der Waals surface area contributed by atoms with Crippen LogP contribution in [0, 0.1) is 0 Å². The summed E-state index contributed by atoms with van der Waals surface area (Å²) in [5.41, 5.74) is 2.28. The molecule has 3 aromatic rings. The van der Waals surface area contributed by atoms with Crippen LogP contribution in [-0.2, 0) is 0 Å². The van der Waals surface area contributed by atoms with E-state index in [0.717, 1.165) is 15.9 Å². The van der Waals surface area contributed by atoms with Crippen molar-refractivity contribution in [3.8, 4) is 0 Å². The van der Waals surface area contributed by atoms with Crippen molar-refractivity contribution < 1.29 is 9.90 Å². The van der Waals surface area contributed by atoms with Crippen molar-refractivity contribution in [2.24, 2.45) is 0 Å². The molecule has 0 aliphatic heterocycles. The van der Waals surface area contributed by atoms with Gasteiger partial charge in [-0.2, -0.15) is 0 Å². The van der Waals surface area contributed by atoms with Gasteiger partial charge in [0.2, 0.25) is 0 Å². The number of hydrogen-bond donors (Lipinski definition) is 2. The zero-order chi connectivity index (χ0) is 15.7. The molecule has 2 N–H and O–H groups in total. The van der Waals surface area contributed by atoms with Crippen molar-refractivity contribution in [2.45, 2.75) is 0 Å². The molecule has 0 saturated heterocycles. The van der Waals surface area contributed by atoms with Crippen LogP contribution in [-0.4, -0.2) is 39.8 Å². The molecular formula is C15H15N5O2. The number of carbonyl (C=O) groups is 1. The molecule has 0 spiro atoms. The van der Waals surface area contributed by atoms with Gasteiger partial charge in [0.15, 0.2) is 5.65 Å². The van der Waals surface area contributed by atoms with Crippen LogP contribution >= 0.6 is 0 Å². The van der Waals surface area contributed by atoms with Crippen molar-refractivity contribution in [2.75, 3.05) is 24.3 Å². The first-order chi connectivity index (χ1) is 10.6. The minimum Gasteiger partial charge on any atom is -0.464 e. The summed E-state index contributed by atoms with van der Waals surface area (Å²) >= 11 is 0. The van der Waals surface area contributed by atoms with Gasteiger partial charge in [-0.3, -0.25) is 0 Å². The van der Waals surface area contributed by atoms with E-state index >= 15 is 0 Å². The zero-order valence-corrected chi connectivity index (χ0v) is 12.2. The molecule has 2 aromatic heterocycles. The van der Waals surface area contributed by atoms with Gasteiger partial charge in [0, 0.05) is 31.7 Å². The summed E-state index contributed by atoms with van der Waals surface area (Å²) in [5.74, 6) is 0.570. The predicted octanol–water partition coefficient (Wildman–Crippen LogP) is 2.77. The van der Waals surface area contributed by atoms with Gasteiger partial charge in [-0.25, -0.2) is 19.3 Å². The molecule has 0 saturated carbocycles. The van der Waals surface area contributed by atoms with Gasteiger partial charge in [0.05, 0.1) is 5.39 Å². The second-order valence-electron chi connectivity index (χ2n) is 5.00. The minimum absolute atomic E-state index is 0.355. The van der Waals surface area contributed by atoms with E-state index in [1.54, 1.807) is 6.07 Å². The Morgan fingerprint density at radius 2 is 2.09 bits per heavy atom. The number of rotatable bonds is 3. The number of nitrogens with zero attached hydrogens (tertiary/aromatic N) is 4. The SMILES string of the molecule is CN(C)c1cccc(Nc2ncnc3c2ccn3C(=O)O)c1. The predicted molar refractivity (Wildman–Crippen MR) is 85.0 cm³/mol. The van der Waals surface area contributed by atoms with Crippen molar-refractivity contribution in [1.29, 1.82) is 0 Å². The molecule has 1 aromatic carbocycles. The van der Waals surface area contributed by atoms with Crippen LogP contribution in [0.4, 0.5) is 22.0 Å². The van der Waals surface area contributed by atoms with Gasteiger partial charge >= 0.3 is 6.09 Å². The van der Waals surface area contributed by atoms with E-state index in [1.807, 2.05) is 43.3 Å². The Morgan fingerprint density at radius 3 is 2.82 bits per heavy atom. The van der Waals surface area contributed by atoms with Crippen molar-refractivity contribution >= 4 is 34.3 Å². The topological polar surface area (TPSA) is 83.3 Å². The summed E-state index contributed by atoms with van der Waals surface area (Å²) in [4.78, 5) is 21.4. The molecule has 112 valence electrons. The lowest BCUT2D eigenvalue weighted by molar-refractivity contribution is 0.197. The van der Waals surface area contributed by atoms with E-state index in [4.69, 9.17) is 5.11 Å². The molecule has 0 aliphatic rings. The number of carboxylic acid groups (broad SMARTS) is 1. The molecule has 7 nitrogen and oxygen atoms in total. The van der Waals surface area contributed by atoms with Crippen LogP contribution in [0.2, 0.25) is 0 Å². The molecule has 0 atom stereocenters. The Labute approximate surface area is 126 Å². The standard InChI is InChI=1S/C15H15N5O2/c1-19(2)11-5-3-4-10(8-11)18-13-12-6-7-20(15(21)22)14(12)17-9-16-13/h3-9H,1-2H3,(H,21,22)(H,16,17,18). The Kier molecular flexibility index (Phi) is 3.38. The first-order valence-corrected chi connectivity index (χ1v) is 6.66. The van der Waals surface area contributed by atoms with E-state index in [9.17, 15) is 4.79 Å². The number of anilines is 3. The largest absolute Gasteiger partial charge is 0.464 e. The van der Waals surface area contributed by atoms with Crippen molar-refractivity contribution in [3.05, 3.63) is 42.9 Å². The summed E-state index contributed by atoms with van der Waals surface area (Å²) in [6.45, 7) is 0. The molecule has 7 heteroatoms. The van der Waals surface area contributed by atoms with E-state index < -0.39 is 6.09 Å². The fraction of sp³-hybridized carbons (Fsp3) is 0.133. The quantitative estimate of drug-likeness (QED) is 0.773. The first-order valence-electron chi connectivity index (χ1n) is 6.66. The zero-order valence-electron chi connectivity index (χ0n) is 12.2. The third kappa shape index (κ3) is 2.44. The van der Waals surface area contributed by atoms with Gasteiger partial charge in [-0.05, 0) is 24.3 Å². The smallest absolute Gasteiger partial charge is 0.417 e. The lowest BCUT2D eigenvalue weighted by atomic mass is 10.2. The average molecular weight is 297 g/mol. The van der Waals surface area contributed by atoms with Crippen LogP contribution in [0.5, 0.6) is 0 Å². The fourth-order valence-electron chi connectivity index (χ4n) is 2.20. The highest BCUT2D eigenvalue weighted by Gasteiger charge is 2.12.